The van der Waals surface area contributed by atoms with Gasteiger partial charge in [0.05, 0.1) is 25.6 Å². The Labute approximate surface area is 156 Å². The average molecular weight is 381 g/mol. The normalized spacial score (nSPS) is 10.6. The Kier molecular flexibility index (Phi) is 7.14. The molecule has 1 aromatic heterocycles. The molecule has 8 nitrogen and oxygen atoms in total. The van der Waals surface area contributed by atoms with Crippen LogP contribution in [-0.4, -0.2) is 51.4 Å². The molecule has 2 rings (SSSR count). The second kappa shape index (κ2) is 9.33. The standard InChI is InChI=1S/C17H23N3O5S/c1-5-23-12-8-11(9-13(24-6-2)15(12)25-7-3)16-18-19-17(20(16)4)26-10-14(21)22/h8-9H,5-7,10H2,1-4H3,(H,21,22). The quantitative estimate of drug-likeness (QED) is 0.628. The van der Waals surface area contributed by atoms with Gasteiger partial charge < -0.3 is 23.9 Å². The van der Waals surface area contributed by atoms with Gasteiger partial charge in [0, 0.05) is 12.6 Å². The van der Waals surface area contributed by atoms with Crippen LogP contribution in [0.5, 0.6) is 17.2 Å². The van der Waals surface area contributed by atoms with Crippen LogP contribution in [0.25, 0.3) is 11.4 Å². The zero-order valence-electron chi connectivity index (χ0n) is 15.3. The molecule has 0 atom stereocenters. The minimum atomic E-state index is -0.905. The van der Waals surface area contributed by atoms with E-state index in [-0.39, 0.29) is 5.75 Å². The van der Waals surface area contributed by atoms with Gasteiger partial charge in [-0.1, -0.05) is 11.8 Å². The lowest BCUT2D eigenvalue weighted by Crippen LogP contribution is -2.04. The minimum absolute atomic E-state index is 0.0797. The number of hydrogen-bond acceptors (Lipinski definition) is 7. The van der Waals surface area contributed by atoms with Crippen molar-refractivity contribution in [3.8, 4) is 28.6 Å². The predicted molar refractivity (Wildman–Crippen MR) is 98.3 cm³/mol. The van der Waals surface area contributed by atoms with Crippen molar-refractivity contribution >= 4 is 17.7 Å². The Morgan fingerprint density at radius 2 is 1.65 bits per heavy atom. The van der Waals surface area contributed by atoms with Crippen molar-refractivity contribution in [2.75, 3.05) is 25.6 Å². The molecule has 1 aromatic carbocycles. The Balaban J connectivity index is 2.47. The van der Waals surface area contributed by atoms with E-state index in [9.17, 15) is 4.79 Å². The fourth-order valence-electron chi connectivity index (χ4n) is 2.34. The summed E-state index contributed by atoms with van der Waals surface area (Å²) in [6.07, 6.45) is 0. The molecule has 1 N–H and O–H groups in total. The van der Waals surface area contributed by atoms with E-state index >= 15 is 0 Å². The molecule has 9 heteroatoms. The first-order chi connectivity index (χ1) is 12.5. The maximum Gasteiger partial charge on any atom is 0.313 e. The summed E-state index contributed by atoms with van der Waals surface area (Å²) in [5, 5.41) is 17.6. The number of aliphatic carboxylic acids is 1. The highest BCUT2D eigenvalue weighted by Crippen LogP contribution is 2.41. The van der Waals surface area contributed by atoms with E-state index in [1.165, 1.54) is 0 Å². The third-order valence-corrected chi connectivity index (χ3v) is 4.33. The van der Waals surface area contributed by atoms with Gasteiger partial charge in [0.1, 0.15) is 0 Å². The summed E-state index contributed by atoms with van der Waals surface area (Å²) in [6, 6.07) is 3.65. The number of nitrogens with zero attached hydrogens (tertiary/aromatic N) is 3. The van der Waals surface area contributed by atoms with Crippen molar-refractivity contribution in [3.63, 3.8) is 0 Å². The van der Waals surface area contributed by atoms with Crippen LogP contribution in [0.4, 0.5) is 0 Å². The molecule has 0 aliphatic heterocycles. The zero-order chi connectivity index (χ0) is 19.1. The molecule has 0 bridgehead atoms. The third-order valence-electron chi connectivity index (χ3n) is 3.33. The topological polar surface area (TPSA) is 95.7 Å². The van der Waals surface area contributed by atoms with Gasteiger partial charge in [0.15, 0.2) is 22.5 Å². The van der Waals surface area contributed by atoms with Crippen molar-refractivity contribution in [1.29, 1.82) is 0 Å². The lowest BCUT2D eigenvalue weighted by Gasteiger charge is -2.17. The number of ether oxygens (including phenoxy) is 3. The molecule has 2 aromatic rings. The molecule has 26 heavy (non-hydrogen) atoms. The number of carbonyl (C=O) groups is 1. The van der Waals surface area contributed by atoms with Gasteiger partial charge in [0.2, 0.25) is 5.75 Å². The van der Waals surface area contributed by atoms with Crippen LogP contribution in [0.3, 0.4) is 0 Å². The van der Waals surface area contributed by atoms with E-state index in [4.69, 9.17) is 19.3 Å². The highest BCUT2D eigenvalue weighted by atomic mass is 32.2. The summed E-state index contributed by atoms with van der Waals surface area (Å²) in [5.74, 6) is 1.29. The summed E-state index contributed by atoms with van der Waals surface area (Å²) in [7, 11) is 1.79. The predicted octanol–water partition coefficient (Wildman–Crippen LogP) is 2.85. The lowest BCUT2D eigenvalue weighted by molar-refractivity contribution is -0.133. The Bertz CT molecular complexity index is 736. The van der Waals surface area contributed by atoms with E-state index < -0.39 is 5.97 Å². The van der Waals surface area contributed by atoms with Crippen molar-refractivity contribution in [3.05, 3.63) is 12.1 Å². The van der Waals surface area contributed by atoms with Crippen molar-refractivity contribution in [2.45, 2.75) is 25.9 Å². The summed E-state index contributed by atoms with van der Waals surface area (Å²) in [6.45, 7) is 7.13. The van der Waals surface area contributed by atoms with Crippen molar-refractivity contribution < 1.29 is 24.1 Å². The molecule has 0 aliphatic rings. The number of benzene rings is 1. The average Bonchev–Trinajstić information content (AvgIpc) is 2.97. The van der Waals surface area contributed by atoms with Crippen molar-refractivity contribution in [2.24, 2.45) is 7.05 Å². The molecule has 0 saturated carbocycles. The van der Waals surface area contributed by atoms with Crippen LogP contribution < -0.4 is 14.2 Å². The van der Waals surface area contributed by atoms with Gasteiger partial charge in [-0.2, -0.15) is 0 Å². The monoisotopic (exact) mass is 381 g/mol. The van der Waals surface area contributed by atoms with Gasteiger partial charge >= 0.3 is 5.97 Å². The first-order valence-electron chi connectivity index (χ1n) is 8.32. The molecule has 0 fully saturated rings. The van der Waals surface area contributed by atoms with Gasteiger partial charge in [-0.05, 0) is 32.9 Å². The summed E-state index contributed by atoms with van der Waals surface area (Å²) in [5.41, 5.74) is 0.748. The van der Waals surface area contributed by atoms with E-state index in [2.05, 4.69) is 10.2 Å². The third kappa shape index (κ3) is 4.60. The van der Waals surface area contributed by atoms with Gasteiger partial charge in [-0.3, -0.25) is 4.79 Å². The van der Waals surface area contributed by atoms with E-state index in [0.29, 0.717) is 48.1 Å². The van der Waals surface area contributed by atoms with Crippen LogP contribution in [0.15, 0.2) is 17.3 Å². The highest BCUT2D eigenvalue weighted by Gasteiger charge is 2.19. The van der Waals surface area contributed by atoms with Gasteiger partial charge in [0.25, 0.3) is 0 Å². The molecule has 1 heterocycles. The molecule has 0 aliphatic carbocycles. The first kappa shape index (κ1) is 19.9. The minimum Gasteiger partial charge on any atom is -0.490 e. The molecule has 0 amide bonds. The molecule has 0 spiro atoms. The molecule has 142 valence electrons. The van der Waals surface area contributed by atoms with Gasteiger partial charge in [-0.15, -0.1) is 10.2 Å². The highest BCUT2D eigenvalue weighted by molar-refractivity contribution is 7.99. The van der Waals surface area contributed by atoms with Gasteiger partial charge in [-0.25, -0.2) is 0 Å². The molecule has 0 radical (unpaired) electrons. The SMILES string of the molecule is CCOc1cc(-c2nnc(SCC(=O)O)n2C)cc(OCC)c1OCC. The fraction of sp³-hybridized carbons (Fsp3) is 0.471. The van der Waals surface area contributed by atoms with E-state index in [1.807, 2.05) is 32.9 Å². The first-order valence-corrected chi connectivity index (χ1v) is 9.31. The lowest BCUT2D eigenvalue weighted by atomic mass is 10.1. The number of aromatic nitrogens is 3. The van der Waals surface area contributed by atoms with Crippen LogP contribution in [0, 0.1) is 0 Å². The largest absolute Gasteiger partial charge is 0.490 e. The smallest absolute Gasteiger partial charge is 0.313 e. The number of carboxylic acids is 1. The van der Waals surface area contributed by atoms with Crippen LogP contribution >= 0.6 is 11.8 Å². The number of thioether (sulfide) groups is 1. The Morgan fingerprint density at radius 3 is 2.15 bits per heavy atom. The second-order valence-electron chi connectivity index (χ2n) is 5.15. The number of hydrogen-bond donors (Lipinski definition) is 1. The summed E-state index contributed by atoms with van der Waals surface area (Å²) in [4.78, 5) is 10.8. The van der Waals surface area contributed by atoms with Crippen LogP contribution in [0.2, 0.25) is 0 Å². The molecular weight excluding hydrogens is 358 g/mol. The van der Waals surface area contributed by atoms with Crippen LogP contribution in [0.1, 0.15) is 20.8 Å². The number of rotatable bonds is 10. The van der Waals surface area contributed by atoms with Crippen LogP contribution in [-0.2, 0) is 11.8 Å². The van der Waals surface area contributed by atoms with E-state index in [0.717, 1.165) is 17.3 Å². The summed E-state index contributed by atoms with van der Waals surface area (Å²) >= 11 is 1.11. The Morgan fingerprint density at radius 1 is 1.08 bits per heavy atom. The second-order valence-corrected chi connectivity index (χ2v) is 6.09. The maximum atomic E-state index is 10.8. The van der Waals surface area contributed by atoms with Crippen molar-refractivity contribution in [1.82, 2.24) is 14.8 Å². The number of carboxylic acid groups (broad SMARTS) is 1. The van der Waals surface area contributed by atoms with E-state index in [1.54, 1.807) is 11.6 Å². The molecular formula is C17H23N3O5S. The maximum absolute atomic E-state index is 10.8. The zero-order valence-corrected chi connectivity index (χ0v) is 16.1. The Hall–Kier alpha value is -2.42. The fourth-order valence-corrected chi connectivity index (χ4v) is 2.97. The molecule has 0 saturated heterocycles. The molecule has 0 unspecified atom stereocenters. The summed E-state index contributed by atoms with van der Waals surface area (Å²) < 4.78 is 18.9.